The number of benzene rings is 2. The molecule has 13 nitrogen and oxygen atoms in total. The Hall–Kier alpha value is -3.82. The average Bonchev–Trinajstić information content (AvgIpc) is 3.13. The number of nitrogens with two attached hydrogens (primary N) is 1. The van der Waals surface area contributed by atoms with Crippen molar-refractivity contribution >= 4 is 17.5 Å². The van der Waals surface area contributed by atoms with E-state index in [1.165, 1.54) is 19.2 Å². The first kappa shape index (κ1) is 38.0. The number of dihydropyridines is 1. The number of methoxy groups -OCH3 is 1. The summed E-state index contributed by atoms with van der Waals surface area (Å²) in [6.07, 6.45) is 1.74. The topological polar surface area (TPSA) is 185 Å². The van der Waals surface area contributed by atoms with E-state index < -0.39 is 17.6 Å². The molecule has 2 aliphatic heterocycles. The number of anilines is 1. The molecule has 2 atom stereocenters. The molecule has 1 saturated heterocycles. The fourth-order valence-electron chi connectivity index (χ4n) is 6.83. The second-order valence-corrected chi connectivity index (χ2v) is 12.3. The standard InChI is InChI=1S/C36H51N6O7/c1-4-28-31(33(43)38-5-2)30(25-12-14-27(15-13-25)42(46)47)32(29(40-28)24-49-23-18-37)34(44)39-19-9-20-41-21-16-36(17-22-41,35(45)48-3)26-10-7-6-8-11-26/h6-8,10-15,30,35,40,45-46H,4-5,9,16-24,37H2,1-3H3,(H,38,43)(H,39,44)/q-1. The van der Waals surface area contributed by atoms with Gasteiger partial charge in [0.05, 0.1) is 30.2 Å². The molecule has 4 rings (SSSR count). The van der Waals surface area contributed by atoms with Crippen LogP contribution in [0.2, 0.25) is 0 Å². The normalized spacial score (nSPS) is 18.6. The smallest absolute Gasteiger partial charge is 0.250 e. The molecule has 13 heteroatoms. The van der Waals surface area contributed by atoms with E-state index in [9.17, 15) is 25.1 Å². The van der Waals surface area contributed by atoms with Gasteiger partial charge in [0, 0.05) is 49.3 Å². The molecule has 0 saturated carbocycles. The van der Waals surface area contributed by atoms with Crippen molar-refractivity contribution in [3.05, 3.63) is 93.5 Å². The Morgan fingerprint density at radius 3 is 2.31 bits per heavy atom. The average molecular weight is 680 g/mol. The first-order valence-electron chi connectivity index (χ1n) is 17.0. The van der Waals surface area contributed by atoms with Crippen molar-refractivity contribution in [2.24, 2.45) is 5.73 Å². The van der Waals surface area contributed by atoms with Gasteiger partial charge < -0.3 is 51.6 Å². The third kappa shape index (κ3) is 9.05. The van der Waals surface area contributed by atoms with Gasteiger partial charge in [-0.3, -0.25) is 14.8 Å². The maximum Gasteiger partial charge on any atom is 0.250 e. The summed E-state index contributed by atoms with van der Waals surface area (Å²) in [6.45, 7) is 7.50. The fourth-order valence-corrected chi connectivity index (χ4v) is 6.83. The largest absolute Gasteiger partial charge is 0.733 e. The maximum absolute atomic E-state index is 14.1. The minimum Gasteiger partial charge on any atom is -0.733 e. The molecule has 2 aromatic carbocycles. The maximum atomic E-state index is 14.1. The van der Waals surface area contributed by atoms with Gasteiger partial charge in [0.25, 0.3) is 0 Å². The summed E-state index contributed by atoms with van der Waals surface area (Å²) in [5.41, 5.74) is 8.82. The molecule has 7 N–H and O–H groups in total. The van der Waals surface area contributed by atoms with E-state index in [4.69, 9.17) is 15.2 Å². The van der Waals surface area contributed by atoms with Crippen LogP contribution in [0.3, 0.4) is 0 Å². The molecule has 2 aromatic rings. The molecule has 0 radical (unpaired) electrons. The van der Waals surface area contributed by atoms with Crippen LogP contribution in [0.25, 0.3) is 0 Å². The Kier molecular flexibility index (Phi) is 14.2. The van der Waals surface area contributed by atoms with Crippen LogP contribution in [0.1, 0.15) is 56.6 Å². The van der Waals surface area contributed by atoms with E-state index in [2.05, 4.69) is 20.9 Å². The summed E-state index contributed by atoms with van der Waals surface area (Å²) in [7, 11) is 1.53. The number of carbonyl (C=O) groups is 2. The molecule has 0 bridgehead atoms. The quantitative estimate of drug-likeness (QED) is 0.0821. The summed E-state index contributed by atoms with van der Waals surface area (Å²) in [4.78, 5) is 30.0. The van der Waals surface area contributed by atoms with Crippen LogP contribution < -0.4 is 26.9 Å². The highest BCUT2D eigenvalue weighted by Gasteiger charge is 2.43. The summed E-state index contributed by atoms with van der Waals surface area (Å²) in [6, 6.07) is 16.2. The van der Waals surface area contributed by atoms with Gasteiger partial charge in [0.15, 0.2) is 6.29 Å². The zero-order chi connectivity index (χ0) is 35.4. The van der Waals surface area contributed by atoms with Crippen molar-refractivity contribution in [2.45, 2.75) is 57.2 Å². The minimum atomic E-state index is -0.907. The highest BCUT2D eigenvalue weighted by Crippen LogP contribution is 2.41. The molecular weight excluding hydrogens is 628 g/mol. The van der Waals surface area contributed by atoms with Gasteiger partial charge in [-0.25, -0.2) is 0 Å². The third-order valence-electron chi connectivity index (χ3n) is 9.40. The summed E-state index contributed by atoms with van der Waals surface area (Å²) >= 11 is 0. The van der Waals surface area contributed by atoms with Crippen LogP contribution >= 0.6 is 0 Å². The molecular formula is C36H51N6O7-. The second-order valence-electron chi connectivity index (χ2n) is 12.3. The fraction of sp³-hybridized carbons (Fsp3) is 0.500. The first-order valence-corrected chi connectivity index (χ1v) is 17.0. The second kappa shape index (κ2) is 18.3. The summed E-state index contributed by atoms with van der Waals surface area (Å²) in [5, 5.41) is 40.9. The van der Waals surface area contributed by atoms with Crippen molar-refractivity contribution in [1.82, 2.24) is 20.9 Å². The van der Waals surface area contributed by atoms with Crippen LogP contribution in [0, 0.1) is 5.21 Å². The number of hydrogen-bond donors (Lipinski definition) is 6. The molecule has 2 heterocycles. The summed E-state index contributed by atoms with van der Waals surface area (Å²) in [5.74, 6) is -1.43. The third-order valence-corrected chi connectivity index (χ3v) is 9.40. The number of amides is 2. The number of hydrogen-bond acceptors (Lipinski definition) is 11. The number of nitrogens with zero attached hydrogens (tertiary/aromatic N) is 2. The molecule has 2 aliphatic rings. The van der Waals surface area contributed by atoms with Crippen molar-refractivity contribution < 1.29 is 29.4 Å². The lowest BCUT2D eigenvalue weighted by molar-refractivity contribution is -0.141. The van der Waals surface area contributed by atoms with Crippen molar-refractivity contribution in [1.29, 1.82) is 0 Å². The van der Waals surface area contributed by atoms with Crippen LogP contribution in [0.15, 0.2) is 77.1 Å². The Bertz CT molecular complexity index is 1440. The number of carbonyl (C=O) groups excluding carboxylic acids is 2. The SMILES string of the molecule is CCNC(=O)C1=C(CC)NC(COCCN)=C(C(=O)NCCCN2CCC(c3ccccc3)(C(O)OC)CC2)C1c1ccc(N([O-])O)cc1. The van der Waals surface area contributed by atoms with Gasteiger partial charge in [-0.15, -0.1) is 0 Å². The van der Waals surface area contributed by atoms with Crippen molar-refractivity contribution in [3.8, 4) is 0 Å². The lowest BCUT2D eigenvalue weighted by Gasteiger charge is -2.44. The zero-order valence-electron chi connectivity index (χ0n) is 28.7. The Morgan fingerprint density at radius 2 is 1.71 bits per heavy atom. The van der Waals surface area contributed by atoms with Gasteiger partial charge >= 0.3 is 0 Å². The number of allylic oxidation sites excluding steroid dienone is 1. The Morgan fingerprint density at radius 1 is 1.06 bits per heavy atom. The van der Waals surface area contributed by atoms with Crippen LogP contribution in [0.4, 0.5) is 5.69 Å². The summed E-state index contributed by atoms with van der Waals surface area (Å²) < 4.78 is 11.2. The van der Waals surface area contributed by atoms with E-state index >= 15 is 0 Å². The van der Waals surface area contributed by atoms with Gasteiger partial charge in [-0.1, -0.05) is 49.4 Å². The van der Waals surface area contributed by atoms with E-state index in [0.29, 0.717) is 60.6 Å². The monoisotopic (exact) mass is 679 g/mol. The number of aliphatic hydroxyl groups is 1. The van der Waals surface area contributed by atoms with Gasteiger partial charge in [-0.05, 0) is 75.5 Å². The number of aliphatic hydroxyl groups excluding tert-OH is 1. The van der Waals surface area contributed by atoms with E-state index in [0.717, 1.165) is 38.0 Å². The number of nitrogens with one attached hydrogen (secondary N) is 3. The van der Waals surface area contributed by atoms with E-state index in [1.54, 1.807) is 12.1 Å². The predicted octanol–water partition coefficient (Wildman–Crippen LogP) is 2.60. The van der Waals surface area contributed by atoms with Crippen molar-refractivity contribution in [2.75, 3.05) is 64.8 Å². The molecule has 0 spiro atoms. The lowest BCUT2D eigenvalue weighted by Crippen LogP contribution is -2.50. The molecule has 49 heavy (non-hydrogen) atoms. The van der Waals surface area contributed by atoms with E-state index in [1.807, 2.05) is 44.2 Å². The van der Waals surface area contributed by atoms with E-state index in [-0.39, 0.29) is 35.9 Å². The number of ether oxygens (including phenoxy) is 2. The predicted molar refractivity (Wildman–Crippen MR) is 187 cm³/mol. The minimum absolute atomic E-state index is 0.0221. The number of piperidine rings is 1. The molecule has 1 fully saturated rings. The van der Waals surface area contributed by atoms with Gasteiger partial charge in [-0.2, -0.15) is 0 Å². The molecule has 2 amide bonds. The number of rotatable bonds is 17. The number of likely N-dealkylation sites (N-methyl/N-ethyl adjacent to an activating group) is 1. The van der Waals surface area contributed by atoms with Crippen LogP contribution in [-0.4, -0.2) is 92.9 Å². The number of likely N-dealkylation sites (tertiary alicyclic amines) is 1. The van der Waals surface area contributed by atoms with Crippen LogP contribution in [0.5, 0.6) is 0 Å². The molecule has 2 unspecified atom stereocenters. The van der Waals surface area contributed by atoms with Gasteiger partial charge in [0.1, 0.15) is 0 Å². The van der Waals surface area contributed by atoms with Gasteiger partial charge in [0.2, 0.25) is 11.8 Å². The zero-order valence-corrected chi connectivity index (χ0v) is 28.7. The Balaban J connectivity index is 1.52. The van der Waals surface area contributed by atoms with Crippen LogP contribution in [-0.2, 0) is 24.5 Å². The Labute approximate surface area is 288 Å². The molecule has 0 aliphatic carbocycles. The first-order chi connectivity index (χ1) is 23.7. The highest BCUT2D eigenvalue weighted by atomic mass is 16.8. The van der Waals surface area contributed by atoms with Crippen molar-refractivity contribution in [3.63, 3.8) is 0 Å². The lowest BCUT2D eigenvalue weighted by atomic mass is 9.72. The molecule has 268 valence electrons. The highest BCUT2D eigenvalue weighted by molar-refractivity contribution is 6.04. The molecule has 0 aromatic heterocycles.